The van der Waals surface area contributed by atoms with E-state index in [1.54, 1.807) is 47.4 Å². The van der Waals surface area contributed by atoms with Gasteiger partial charge in [0.1, 0.15) is 5.75 Å². The Morgan fingerprint density at radius 2 is 1.52 bits per heavy atom. The Morgan fingerprint density at radius 3 is 2.24 bits per heavy atom. The average Bonchev–Trinajstić information content (AvgIpc) is 2.86. The second kappa shape index (κ2) is 10.0. The lowest BCUT2D eigenvalue weighted by Crippen LogP contribution is -2.52. The number of amides is 2. The number of carbonyl (C=O) groups excluding carboxylic acids is 2. The predicted molar refractivity (Wildman–Crippen MR) is 124 cm³/mol. The zero-order valence-electron chi connectivity index (χ0n) is 18.0. The van der Waals surface area contributed by atoms with E-state index in [1.807, 2.05) is 30.3 Å². The molecule has 0 radical (unpaired) electrons. The molecule has 9 heteroatoms. The summed E-state index contributed by atoms with van der Waals surface area (Å²) in [6.45, 7) is 0.589. The first-order chi connectivity index (χ1) is 15.9. The largest absolute Gasteiger partial charge is 0.484 e. The van der Waals surface area contributed by atoms with Crippen molar-refractivity contribution in [3.63, 3.8) is 0 Å². The summed E-state index contributed by atoms with van der Waals surface area (Å²) in [6, 6.07) is 21.6. The molecule has 4 rings (SSSR count). The first kappa shape index (κ1) is 22.8. The fraction of sp³-hybridized carbons (Fsp3) is 0.250. The number of hydrogen-bond donors (Lipinski definition) is 1. The summed E-state index contributed by atoms with van der Waals surface area (Å²) < 4.78 is 32.9. The van der Waals surface area contributed by atoms with Crippen LogP contribution in [-0.2, 0) is 19.6 Å². The Bertz CT molecular complexity index is 1240. The zero-order valence-corrected chi connectivity index (χ0v) is 18.8. The summed E-state index contributed by atoms with van der Waals surface area (Å²) in [6.07, 6.45) is 0. The average molecular weight is 468 g/mol. The highest BCUT2D eigenvalue weighted by Gasteiger charge is 2.30. The molecular weight excluding hydrogens is 442 g/mol. The maximum Gasteiger partial charge on any atom is 0.258 e. The number of piperazine rings is 1. The number of carbonyl (C=O) groups is 2. The van der Waals surface area contributed by atoms with Crippen LogP contribution in [-0.4, -0.2) is 68.8 Å². The van der Waals surface area contributed by atoms with Crippen molar-refractivity contribution in [1.29, 1.82) is 0 Å². The van der Waals surface area contributed by atoms with E-state index in [2.05, 4.69) is 5.32 Å². The van der Waals surface area contributed by atoms with Gasteiger partial charge in [0.05, 0.1) is 11.4 Å². The molecule has 0 aliphatic carbocycles. The number of nitrogens with one attached hydrogen (secondary N) is 1. The molecule has 0 saturated carbocycles. The highest BCUT2D eigenvalue weighted by atomic mass is 32.2. The third-order valence-electron chi connectivity index (χ3n) is 5.50. The fourth-order valence-corrected chi connectivity index (χ4v) is 5.12. The molecule has 0 atom stereocenters. The molecule has 172 valence electrons. The maximum absolute atomic E-state index is 13.1. The number of sulfonamides is 1. The second-order valence-corrected chi connectivity index (χ2v) is 9.61. The van der Waals surface area contributed by atoms with Gasteiger partial charge in [0, 0.05) is 26.2 Å². The minimum absolute atomic E-state index is 0.158. The molecule has 1 saturated heterocycles. The van der Waals surface area contributed by atoms with Crippen LogP contribution in [0.4, 0.5) is 0 Å². The summed E-state index contributed by atoms with van der Waals surface area (Å²) in [5, 5.41) is 4.38. The van der Waals surface area contributed by atoms with Crippen molar-refractivity contribution >= 4 is 32.6 Å². The first-order valence-electron chi connectivity index (χ1n) is 10.6. The van der Waals surface area contributed by atoms with Crippen molar-refractivity contribution in [3.05, 3.63) is 72.8 Å². The third kappa shape index (κ3) is 5.50. The van der Waals surface area contributed by atoms with Crippen LogP contribution in [0.1, 0.15) is 0 Å². The smallest absolute Gasteiger partial charge is 0.258 e. The van der Waals surface area contributed by atoms with Gasteiger partial charge in [-0.15, -0.1) is 0 Å². The van der Waals surface area contributed by atoms with Gasteiger partial charge >= 0.3 is 0 Å². The van der Waals surface area contributed by atoms with Crippen LogP contribution in [0.3, 0.4) is 0 Å². The van der Waals surface area contributed by atoms with E-state index in [1.165, 1.54) is 4.31 Å². The molecule has 0 bridgehead atoms. The monoisotopic (exact) mass is 467 g/mol. The van der Waals surface area contributed by atoms with Gasteiger partial charge in [-0.2, -0.15) is 4.31 Å². The van der Waals surface area contributed by atoms with Gasteiger partial charge in [-0.05, 0) is 35.0 Å². The van der Waals surface area contributed by atoms with Gasteiger partial charge in [0.15, 0.2) is 6.61 Å². The SMILES string of the molecule is O=C(COc1ccccc1)NCC(=O)N1CCN(S(=O)(=O)c2ccc3ccccc3c2)CC1. The number of hydrogen-bond acceptors (Lipinski definition) is 5. The lowest BCUT2D eigenvalue weighted by molar-refractivity contribution is -0.134. The van der Waals surface area contributed by atoms with Gasteiger partial charge in [0.25, 0.3) is 5.91 Å². The molecule has 1 N–H and O–H groups in total. The van der Waals surface area contributed by atoms with Crippen molar-refractivity contribution < 1.29 is 22.7 Å². The summed E-state index contributed by atoms with van der Waals surface area (Å²) in [7, 11) is -3.65. The zero-order chi connectivity index (χ0) is 23.3. The molecule has 1 aliphatic heterocycles. The molecule has 1 fully saturated rings. The van der Waals surface area contributed by atoms with Crippen molar-refractivity contribution in [2.75, 3.05) is 39.3 Å². The van der Waals surface area contributed by atoms with Crippen LogP contribution in [0.2, 0.25) is 0 Å². The van der Waals surface area contributed by atoms with E-state index in [-0.39, 0.29) is 50.1 Å². The highest BCUT2D eigenvalue weighted by Crippen LogP contribution is 2.22. The first-order valence-corrected chi connectivity index (χ1v) is 12.1. The Morgan fingerprint density at radius 1 is 0.848 bits per heavy atom. The van der Waals surface area contributed by atoms with Gasteiger partial charge in [-0.1, -0.05) is 48.5 Å². The fourth-order valence-electron chi connectivity index (χ4n) is 3.66. The molecule has 3 aromatic rings. The van der Waals surface area contributed by atoms with Crippen LogP contribution in [0.5, 0.6) is 5.75 Å². The Labute approximate surface area is 192 Å². The van der Waals surface area contributed by atoms with E-state index in [0.717, 1.165) is 10.8 Å². The van der Waals surface area contributed by atoms with E-state index in [9.17, 15) is 18.0 Å². The molecule has 8 nitrogen and oxygen atoms in total. The number of rotatable bonds is 7. The normalized spacial score (nSPS) is 14.7. The second-order valence-electron chi connectivity index (χ2n) is 7.67. The Kier molecular flexibility index (Phi) is 6.90. The van der Waals surface area contributed by atoms with Crippen LogP contribution < -0.4 is 10.1 Å². The van der Waals surface area contributed by atoms with Crippen molar-refractivity contribution in [1.82, 2.24) is 14.5 Å². The van der Waals surface area contributed by atoms with Crippen LogP contribution in [0.15, 0.2) is 77.7 Å². The lowest BCUT2D eigenvalue weighted by atomic mass is 10.1. The number of fused-ring (bicyclic) bond motifs is 1. The molecule has 1 heterocycles. The number of benzene rings is 3. The van der Waals surface area contributed by atoms with Crippen molar-refractivity contribution in [3.8, 4) is 5.75 Å². The Hall–Kier alpha value is -3.43. The molecule has 1 aliphatic rings. The highest BCUT2D eigenvalue weighted by molar-refractivity contribution is 7.89. The van der Waals surface area contributed by atoms with Gasteiger partial charge in [0.2, 0.25) is 15.9 Å². The van der Waals surface area contributed by atoms with E-state index in [0.29, 0.717) is 5.75 Å². The van der Waals surface area contributed by atoms with E-state index in [4.69, 9.17) is 4.74 Å². The van der Waals surface area contributed by atoms with Gasteiger partial charge in [-0.3, -0.25) is 9.59 Å². The molecule has 0 spiro atoms. The quantitative estimate of drug-likeness (QED) is 0.572. The number of para-hydroxylation sites is 1. The Balaban J connectivity index is 1.27. The summed E-state index contributed by atoms with van der Waals surface area (Å²) in [5.74, 6) is -0.0849. The van der Waals surface area contributed by atoms with E-state index < -0.39 is 15.9 Å². The summed E-state index contributed by atoms with van der Waals surface area (Å²) in [5.41, 5.74) is 0. The molecule has 0 aromatic heterocycles. The summed E-state index contributed by atoms with van der Waals surface area (Å²) in [4.78, 5) is 26.2. The molecule has 2 amide bonds. The minimum Gasteiger partial charge on any atom is -0.484 e. The van der Waals surface area contributed by atoms with Crippen LogP contribution in [0, 0.1) is 0 Å². The van der Waals surface area contributed by atoms with Gasteiger partial charge in [-0.25, -0.2) is 8.42 Å². The molecule has 0 unspecified atom stereocenters. The summed E-state index contributed by atoms with van der Waals surface area (Å²) >= 11 is 0. The van der Waals surface area contributed by atoms with Crippen LogP contribution >= 0.6 is 0 Å². The van der Waals surface area contributed by atoms with Crippen molar-refractivity contribution in [2.45, 2.75) is 4.90 Å². The molecule has 33 heavy (non-hydrogen) atoms. The van der Waals surface area contributed by atoms with E-state index >= 15 is 0 Å². The maximum atomic E-state index is 13.1. The van der Waals surface area contributed by atoms with Crippen molar-refractivity contribution in [2.24, 2.45) is 0 Å². The van der Waals surface area contributed by atoms with Gasteiger partial charge < -0.3 is 15.0 Å². The molecular formula is C24H25N3O5S. The molecule has 3 aromatic carbocycles. The minimum atomic E-state index is -3.65. The van der Waals surface area contributed by atoms with Crippen LogP contribution in [0.25, 0.3) is 10.8 Å². The topological polar surface area (TPSA) is 96.0 Å². The lowest BCUT2D eigenvalue weighted by Gasteiger charge is -2.34. The number of ether oxygens (including phenoxy) is 1. The third-order valence-corrected chi connectivity index (χ3v) is 7.39. The predicted octanol–water partition coefficient (Wildman–Crippen LogP) is 1.87. The standard InChI is InChI=1S/C24H25N3O5S/c28-23(18-32-21-8-2-1-3-9-21)25-17-24(29)26-12-14-27(15-13-26)33(30,31)22-11-10-19-6-4-5-7-20(19)16-22/h1-11,16H,12-15,17-18H2,(H,25,28). The number of nitrogens with zero attached hydrogens (tertiary/aromatic N) is 2.